The number of allylic oxidation sites excluding steroid dienone is 1. The highest BCUT2D eigenvalue weighted by atomic mass is 16.6. The molecule has 6 rings (SSSR count). The van der Waals surface area contributed by atoms with Crippen molar-refractivity contribution >= 4 is 28.8 Å². The van der Waals surface area contributed by atoms with Crippen LogP contribution in [0.15, 0.2) is 102 Å². The standard InChI is InChI=1S/C32H28N4O4/c1-32(2)18-26-29(28(37)19-32)30(25-16-15-23(33-25)21-11-8-12-22(17-21)36(39)40)35(27-14-7-6-13-24(27)34-26)31(38)20-9-4-3-5-10-20/h3-17,30,33H,18-19H2,1-2H3,(H-,34,37,39,40)/p+1. The Balaban J connectivity index is 1.57. The molecule has 1 aromatic heterocycles. The predicted octanol–water partition coefficient (Wildman–Crippen LogP) is 6.94. The second-order valence-corrected chi connectivity index (χ2v) is 11.1. The van der Waals surface area contributed by atoms with E-state index in [1.165, 1.54) is 6.07 Å². The van der Waals surface area contributed by atoms with Gasteiger partial charge in [-0.3, -0.25) is 14.5 Å². The van der Waals surface area contributed by atoms with E-state index in [1.807, 2.05) is 60.7 Å². The van der Waals surface area contributed by atoms with Crippen LogP contribution in [-0.4, -0.2) is 26.8 Å². The van der Waals surface area contributed by atoms with E-state index >= 15 is 0 Å². The van der Waals surface area contributed by atoms with Crippen molar-refractivity contribution in [3.63, 3.8) is 0 Å². The molecule has 0 saturated heterocycles. The maximum absolute atomic E-state index is 14.3. The van der Waals surface area contributed by atoms with E-state index in [9.17, 15) is 19.7 Å². The third-order valence-corrected chi connectivity index (χ3v) is 7.52. The van der Waals surface area contributed by atoms with Crippen LogP contribution in [0.1, 0.15) is 48.8 Å². The number of H-pyrrole nitrogens is 1. The molecule has 4 aromatic rings. The number of anilines is 2. The average Bonchev–Trinajstić information content (AvgIpc) is 3.37. The van der Waals surface area contributed by atoms with Crippen LogP contribution >= 0.6 is 0 Å². The second kappa shape index (κ2) is 9.64. The quantitative estimate of drug-likeness (QED) is 0.247. The van der Waals surface area contributed by atoms with Crippen molar-refractivity contribution in [1.29, 1.82) is 0 Å². The van der Waals surface area contributed by atoms with Crippen LogP contribution in [0.2, 0.25) is 0 Å². The minimum Gasteiger partial charge on any atom is -0.357 e. The minimum absolute atomic E-state index is 0.0113. The number of rotatable bonds is 4. The summed E-state index contributed by atoms with van der Waals surface area (Å²) in [7, 11) is 0. The Morgan fingerprint density at radius 2 is 1.70 bits per heavy atom. The molecule has 1 unspecified atom stereocenters. The van der Waals surface area contributed by atoms with Gasteiger partial charge in [-0.15, -0.1) is 0 Å². The van der Waals surface area contributed by atoms with Gasteiger partial charge in [0.2, 0.25) is 0 Å². The molecule has 3 N–H and O–H groups in total. The minimum atomic E-state index is -0.728. The number of amides is 1. The van der Waals surface area contributed by atoms with Crippen LogP contribution in [-0.2, 0) is 4.79 Å². The highest BCUT2D eigenvalue weighted by molar-refractivity contribution is 6.12. The summed E-state index contributed by atoms with van der Waals surface area (Å²) in [5, 5.41) is 12.9. The molecule has 0 radical (unpaired) electrons. The van der Waals surface area contributed by atoms with E-state index in [2.05, 4.69) is 24.1 Å². The lowest BCUT2D eigenvalue weighted by atomic mass is 9.73. The molecule has 8 heteroatoms. The molecule has 1 aliphatic heterocycles. The van der Waals surface area contributed by atoms with Crippen molar-refractivity contribution in [2.24, 2.45) is 5.41 Å². The van der Waals surface area contributed by atoms with Crippen molar-refractivity contribution in [2.75, 3.05) is 10.2 Å². The lowest BCUT2D eigenvalue weighted by Gasteiger charge is -2.36. The number of para-hydroxylation sites is 2. The highest BCUT2D eigenvalue weighted by Gasteiger charge is 2.44. The molecule has 1 aliphatic carbocycles. The van der Waals surface area contributed by atoms with Gasteiger partial charge in [0.1, 0.15) is 6.04 Å². The van der Waals surface area contributed by atoms with Gasteiger partial charge >= 0.3 is 5.69 Å². The number of carbonyl (C=O) groups is 2. The van der Waals surface area contributed by atoms with Crippen molar-refractivity contribution in [2.45, 2.75) is 32.7 Å². The number of nitrogens with zero attached hydrogens (tertiary/aromatic N) is 2. The lowest BCUT2D eigenvalue weighted by Crippen LogP contribution is -2.39. The summed E-state index contributed by atoms with van der Waals surface area (Å²) in [5.74, 6) is -0.241. The van der Waals surface area contributed by atoms with Crippen LogP contribution in [0.4, 0.5) is 17.1 Å². The number of aromatic nitrogens is 1. The predicted molar refractivity (Wildman–Crippen MR) is 152 cm³/mol. The smallest absolute Gasteiger partial charge is 0.317 e. The normalized spacial score (nSPS) is 17.9. The van der Waals surface area contributed by atoms with Gasteiger partial charge in [-0.1, -0.05) is 56.3 Å². The molecule has 40 heavy (non-hydrogen) atoms. The van der Waals surface area contributed by atoms with Crippen LogP contribution in [0.5, 0.6) is 0 Å². The van der Waals surface area contributed by atoms with Crippen LogP contribution in [0.3, 0.4) is 0 Å². The summed E-state index contributed by atoms with van der Waals surface area (Å²) in [6.45, 7) is 4.16. The van der Waals surface area contributed by atoms with E-state index in [1.54, 1.807) is 29.2 Å². The zero-order chi connectivity index (χ0) is 28.0. The van der Waals surface area contributed by atoms with Gasteiger partial charge in [0.25, 0.3) is 10.8 Å². The molecular formula is C32H29N4O4+. The van der Waals surface area contributed by atoms with Crippen molar-refractivity contribution in [1.82, 2.24) is 4.98 Å². The van der Waals surface area contributed by atoms with Gasteiger partial charge in [-0.2, -0.15) is 0 Å². The Bertz CT molecular complexity index is 1690. The summed E-state index contributed by atoms with van der Waals surface area (Å²) in [6.07, 6.45) is 1.01. The lowest BCUT2D eigenvalue weighted by molar-refractivity contribution is -0.729. The number of hydrogen-bond donors (Lipinski definition) is 3. The van der Waals surface area contributed by atoms with E-state index < -0.39 is 6.04 Å². The number of Topliss-reactive ketones (excluding diaryl/α,β-unsaturated/α-hetero) is 1. The Kier molecular flexibility index (Phi) is 6.10. The van der Waals surface area contributed by atoms with Gasteiger partial charge in [-0.05, 0) is 48.2 Å². The van der Waals surface area contributed by atoms with E-state index in [4.69, 9.17) is 0 Å². The molecule has 0 saturated carbocycles. The molecule has 2 aliphatic rings. The summed E-state index contributed by atoms with van der Waals surface area (Å²) in [5.41, 5.74) is 5.17. The van der Waals surface area contributed by atoms with Crippen LogP contribution < -0.4 is 10.2 Å². The summed E-state index contributed by atoms with van der Waals surface area (Å²) < 4.78 is 0. The van der Waals surface area contributed by atoms with Gasteiger partial charge < -0.3 is 10.3 Å². The Labute approximate surface area is 231 Å². The fourth-order valence-electron chi connectivity index (χ4n) is 5.76. The molecule has 3 aromatic carbocycles. The maximum Gasteiger partial charge on any atom is 0.317 e. The van der Waals surface area contributed by atoms with Gasteiger partial charge in [-0.25, -0.2) is 5.21 Å². The first-order chi connectivity index (χ1) is 19.2. The summed E-state index contributed by atoms with van der Waals surface area (Å²) >= 11 is 0. The number of nitrogens with one attached hydrogen (secondary N) is 2. The van der Waals surface area contributed by atoms with Gasteiger partial charge in [0.05, 0.1) is 16.3 Å². The fraction of sp³-hybridized carbons (Fsp3) is 0.188. The van der Waals surface area contributed by atoms with Gasteiger partial charge in [0.15, 0.2) is 5.78 Å². The molecule has 200 valence electrons. The molecule has 0 spiro atoms. The molecule has 0 bridgehead atoms. The number of ketones is 1. The van der Waals surface area contributed by atoms with E-state index in [0.717, 1.165) is 11.4 Å². The van der Waals surface area contributed by atoms with Crippen LogP contribution in [0.25, 0.3) is 11.3 Å². The topological polar surface area (TPSA) is 106 Å². The Morgan fingerprint density at radius 3 is 2.48 bits per heavy atom. The summed E-state index contributed by atoms with van der Waals surface area (Å²) in [4.78, 5) is 44.7. The number of hydrogen-bond acceptors (Lipinski definition) is 4. The van der Waals surface area contributed by atoms with Crippen molar-refractivity contribution in [3.05, 3.63) is 118 Å². The molecular weight excluding hydrogens is 504 g/mol. The number of benzene rings is 3. The number of carbonyl (C=O) groups excluding carboxylic acids is 2. The average molecular weight is 534 g/mol. The highest BCUT2D eigenvalue weighted by Crippen LogP contribution is 2.48. The van der Waals surface area contributed by atoms with Crippen molar-refractivity contribution < 1.29 is 19.7 Å². The zero-order valence-corrected chi connectivity index (χ0v) is 22.2. The second-order valence-electron chi connectivity index (χ2n) is 11.1. The molecule has 0 fully saturated rings. The van der Waals surface area contributed by atoms with E-state index in [-0.39, 0.29) is 27.7 Å². The fourth-order valence-corrected chi connectivity index (χ4v) is 5.76. The largest absolute Gasteiger partial charge is 0.357 e. The SMILES string of the molecule is CC1(C)CC(=O)C2=C(C1)Nc1ccccc1N(C(=O)c1ccccc1)C2c1ccc(-c2cccc([N+](=O)O)c2)[nH]1. The Morgan fingerprint density at radius 1 is 0.950 bits per heavy atom. The third-order valence-electron chi connectivity index (χ3n) is 7.52. The van der Waals surface area contributed by atoms with Gasteiger partial charge in [0, 0.05) is 52.3 Å². The molecule has 2 heterocycles. The third kappa shape index (κ3) is 4.47. The zero-order valence-electron chi connectivity index (χ0n) is 22.2. The number of aromatic amines is 1. The monoisotopic (exact) mass is 533 g/mol. The first kappa shape index (κ1) is 25.3. The molecule has 1 atom stereocenters. The van der Waals surface area contributed by atoms with Crippen LogP contribution in [0, 0.1) is 10.3 Å². The Hall–Kier alpha value is -4.98. The molecule has 1 amide bonds. The molecule has 8 nitrogen and oxygen atoms in total. The maximum atomic E-state index is 14.3. The number of fused-ring (bicyclic) bond motifs is 1. The first-order valence-corrected chi connectivity index (χ1v) is 13.2. The first-order valence-electron chi connectivity index (χ1n) is 13.2. The summed E-state index contributed by atoms with van der Waals surface area (Å²) in [6, 6.07) is 26.2. The van der Waals surface area contributed by atoms with Crippen molar-refractivity contribution in [3.8, 4) is 11.3 Å². The van der Waals surface area contributed by atoms with E-state index in [0.29, 0.717) is 46.6 Å².